The summed E-state index contributed by atoms with van der Waals surface area (Å²) in [5, 5.41) is 5.04. The van der Waals surface area contributed by atoms with E-state index in [-0.39, 0.29) is 12.2 Å². The van der Waals surface area contributed by atoms with Crippen LogP contribution in [0.2, 0.25) is 0 Å². The van der Waals surface area contributed by atoms with Crippen molar-refractivity contribution in [2.24, 2.45) is 0 Å². The third kappa shape index (κ3) is 6.75. The number of hydrogen-bond donors (Lipinski definition) is 2. The molecule has 0 aromatic heterocycles. The molecule has 2 rings (SSSR count). The third-order valence-corrected chi connectivity index (χ3v) is 3.62. The van der Waals surface area contributed by atoms with E-state index in [0.717, 1.165) is 0 Å². The van der Waals surface area contributed by atoms with Crippen LogP contribution in [0.15, 0.2) is 48.5 Å². The molecule has 2 aromatic carbocycles. The molecule has 0 aliphatic rings. The van der Waals surface area contributed by atoms with Crippen LogP contribution in [0.4, 0.5) is 33.7 Å². The molecule has 0 radical (unpaired) electrons. The maximum Gasteiger partial charge on any atom is 0.411 e. The van der Waals surface area contributed by atoms with Crippen LogP contribution in [0.3, 0.4) is 0 Å². The smallest absolute Gasteiger partial charge is 0.411 e. The standard InChI is InChI=1S/C19H18F4N2O4/c1-28-18(27)25-15-7-3-5-13(9-15)16(26)24-14-6-2-4-12(8-14)10-29-11-19(22,23)17(20)21/h2-9,17H,10-11H2,1H3,(H,24,26)(H,25,27). The highest BCUT2D eigenvalue weighted by molar-refractivity contribution is 6.05. The van der Waals surface area contributed by atoms with Gasteiger partial charge in [-0.2, -0.15) is 8.78 Å². The summed E-state index contributed by atoms with van der Waals surface area (Å²) in [7, 11) is 1.21. The molecule has 0 spiro atoms. The molecule has 2 aromatic rings. The van der Waals surface area contributed by atoms with Crippen molar-refractivity contribution >= 4 is 23.4 Å². The molecule has 0 aliphatic heterocycles. The average Bonchev–Trinajstić information content (AvgIpc) is 2.68. The molecule has 0 heterocycles. The van der Waals surface area contributed by atoms with Gasteiger partial charge in [0.2, 0.25) is 0 Å². The zero-order valence-electron chi connectivity index (χ0n) is 15.3. The number of nitrogens with one attached hydrogen (secondary N) is 2. The minimum atomic E-state index is -4.23. The van der Waals surface area contributed by atoms with E-state index >= 15 is 0 Å². The average molecular weight is 414 g/mol. The zero-order valence-corrected chi connectivity index (χ0v) is 15.3. The van der Waals surface area contributed by atoms with Crippen molar-refractivity contribution in [3.8, 4) is 0 Å². The Kier molecular flexibility index (Phi) is 7.54. The van der Waals surface area contributed by atoms with Crippen LogP contribution in [0.1, 0.15) is 15.9 Å². The van der Waals surface area contributed by atoms with Gasteiger partial charge in [-0.05, 0) is 35.9 Å². The molecule has 0 atom stereocenters. The first-order valence-corrected chi connectivity index (χ1v) is 8.30. The summed E-state index contributed by atoms with van der Waals surface area (Å²) < 4.78 is 59.1. The van der Waals surface area contributed by atoms with Gasteiger partial charge in [-0.25, -0.2) is 13.6 Å². The quantitative estimate of drug-likeness (QED) is 0.622. The second kappa shape index (κ2) is 9.87. The van der Waals surface area contributed by atoms with E-state index in [0.29, 0.717) is 16.9 Å². The number of carbonyl (C=O) groups excluding carboxylic acids is 2. The van der Waals surface area contributed by atoms with Crippen molar-refractivity contribution in [2.45, 2.75) is 19.0 Å². The SMILES string of the molecule is COC(=O)Nc1cccc(C(=O)Nc2cccc(COCC(F)(F)C(F)F)c2)c1. The molecule has 29 heavy (non-hydrogen) atoms. The number of alkyl halides is 4. The van der Waals surface area contributed by atoms with Crippen molar-refractivity contribution < 1.29 is 36.6 Å². The Labute approximate surface area is 163 Å². The number of rotatable bonds is 8. The predicted molar refractivity (Wildman–Crippen MR) is 97.5 cm³/mol. The monoisotopic (exact) mass is 414 g/mol. The number of ether oxygens (including phenoxy) is 2. The summed E-state index contributed by atoms with van der Waals surface area (Å²) in [5.41, 5.74) is 1.36. The molecule has 2 N–H and O–H groups in total. The topological polar surface area (TPSA) is 76.7 Å². The van der Waals surface area contributed by atoms with Crippen molar-refractivity contribution in [1.82, 2.24) is 0 Å². The van der Waals surface area contributed by atoms with Crippen LogP contribution in [0, 0.1) is 0 Å². The highest BCUT2D eigenvalue weighted by Gasteiger charge is 2.40. The molecule has 0 fully saturated rings. The summed E-state index contributed by atoms with van der Waals surface area (Å²) >= 11 is 0. The van der Waals surface area contributed by atoms with Crippen LogP contribution < -0.4 is 10.6 Å². The minimum absolute atomic E-state index is 0.247. The lowest BCUT2D eigenvalue weighted by Gasteiger charge is -2.15. The normalized spacial score (nSPS) is 11.2. The van der Waals surface area contributed by atoms with Gasteiger partial charge in [-0.3, -0.25) is 10.1 Å². The second-order valence-electron chi connectivity index (χ2n) is 5.91. The third-order valence-electron chi connectivity index (χ3n) is 3.62. The Morgan fingerprint density at radius 2 is 1.69 bits per heavy atom. The lowest BCUT2D eigenvalue weighted by Crippen LogP contribution is -2.32. The first-order valence-electron chi connectivity index (χ1n) is 8.30. The lowest BCUT2D eigenvalue weighted by atomic mass is 10.1. The predicted octanol–water partition coefficient (Wildman–Crippen LogP) is 4.53. The van der Waals surface area contributed by atoms with Crippen molar-refractivity contribution in [2.75, 3.05) is 24.4 Å². The lowest BCUT2D eigenvalue weighted by molar-refractivity contribution is -0.168. The van der Waals surface area contributed by atoms with Crippen molar-refractivity contribution in [3.05, 3.63) is 59.7 Å². The van der Waals surface area contributed by atoms with Gasteiger partial charge in [0.05, 0.1) is 13.7 Å². The Hall–Kier alpha value is -3.14. The molecule has 0 bridgehead atoms. The highest BCUT2D eigenvalue weighted by Crippen LogP contribution is 2.23. The van der Waals surface area contributed by atoms with Gasteiger partial charge in [-0.15, -0.1) is 0 Å². The number of benzene rings is 2. The molecule has 0 saturated heterocycles. The van der Waals surface area contributed by atoms with E-state index in [2.05, 4.69) is 20.1 Å². The molecular weight excluding hydrogens is 396 g/mol. The number of anilines is 2. The van der Waals surface area contributed by atoms with E-state index in [9.17, 15) is 27.2 Å². The molecule has 0 saturated carbocycles. The molecule has 2 amide bonds. The second-order valence-corrected chi connectivity index (χ2v) is 5.91. The fourth-order valence-electron chi connectivity index (χ4n) is 2.22. The van der Waals surface area contributed by atoms with E-state index in [1.54, 1.807) is 24.3 Å². The van der Waals surface area contributed by atoms with Gasteiger partial charge < -0.3 is 14.8 Å². The van der Waals surface area contributed by atoms with Gasteiger partial charge in [0.25, 0.3) is 5.91 Å². The van der Waals surface area contributed by atoms with Gasteiger partial charge >= 0.3 is 18.4 Å². The fourth-order valence-corrected chi connectivity index (χ4v) is 2.22. The van der Waals surface area contributed by atoms with Crippen molar-refractivity contribution in [3.63, 3.8) is 0 Å². The van der Waals surface area contributed by atoms with E-state index < -0.39 is 31.0 Å². The zero-order chi connectivity index (χ0) is 21.4. The first-order chi connectivity index (χ1) is 13.7. The van der Waals surface area contributed by atoms with E-state index in [4.69, 9.17) is 0 Å². The Morgan fingerprint density at radius 3 is 2.34 bits per heavy atom. The van der Waals surface area contributed by atoms with Gasteiger partial charge in [0.1, 0.15) is 6.61 Å². The van der Waals surface area contributed by atoms with E-state index in [1.165, 1.54) is 31.4 Å². The van der Waals surface area contributed by atoms with Crippen LogP contribution in [-0.4, -0.2) is 38.1 Å². The summed E-state index contributed by atoms with van der Waals surface area (Å²) in [6.07, 6.45) is -4.50. The largest absolute Gasteiger partial charge is 0.453 e. The van der Waals surface area contributed by atoms with Crippen LogP contribution in [0.25, 0.3) is 0 Å². The minimum Gasteiger partial charge on any atom is -0.453 e. The molecule has 156 valence electrons. The van der Waals surface area contributed by atoms with Crippen LogP contribution in [-0.2, 0) is 16.1 Å². The van der Waals surface area contributed by atoms with Crippen molar-refractivity contribution in [1.29, 1.82) is 0 Å². The van der Waals surface area contributed by atoms with Gasteiger partial charge in [0.15, 0.2) is 0 Å². The maximum absolute atomic E-state index is 12.9. The highest BCUT2D eigenvalue weighted by atomic mass is 19.3. The molecule has 6 nitrogen and oxygen atoms in total. The number of methoxy groups -OCH3 is 1. The Morgan fingerprint density at radius 1 is 1.03 bits per heavy atom. The van der Waals surface area contributed by atoms with E-state index in [1.807, 2.05) is 0 Å². The van der Waals surface area contributed by atoms with Crippen LogP contribution in [0.5, 0.6) is 0 Å². The van der Waals surface area contributed by atoms with Crippen LogP contribution >= 0.6 is 0 Å². The Balaban J connectivity index is 1.98. The molecule has 0 aliphatic carbocycles. The summed E-state index contributed by atoms with van der Waals surface area (Å²) in [5.74, 6) is -4.71. The summed E-state index contributed by atoms with van der Waals surface area (Å²) in [6.45, 7) is -1.74. The van der Waals surface area contributed by atoms with Gasteiger partial charge in [-0.1, -0.05) is 18.2 Å². The maximum atomic E-state index is 12.9. The number of carbonyl (C=O) groups is 2. The van der Waals surface area contributed by atoms with Gasteiger partial charge in [0, 0.05) is 16.9 Å². The number of amides is 2. The summed E-state index contributed by atoms with van der Waals surface area (Å²) in [6, 6.07) is 12.2. The first kappa shape index (κ1) is 22.2. The summed E-state index contributed by atoms with van der Waals surface area (Å²) in [4.78, 5) is 23.6. The molecule has 0 unspecified atom stereocenters. The number of hydrogen-bond acceptors (Lipinski definition) is 4. The number of halogens is 4. The molecule has 10 heteroatoms. The fraction of sp³-hybridized carbons (Fsp3) is 0.263. The molecular formula is C19H18F4N2O4. The Bertz CT molecular complexity index is 862.